The normalized spacial score (nSPS) is 11.6. The van der Waals surface area contributed by atoms with Crippen molar-refractivity contribution in [2.45, 2.75) is 4.90 Å². The third kappa shape index (κ3) is 4.23. The lowest BCUT2D eigenvalue weighted by atomic mass is 10.0. The van der Waals surface area contributed by atoms with Gasteiger partial charge >= 0.3 is 0 Å². The van der Waals surface area contributed by atoms with Crippen molar-refractivity contribution < 1.29 is 17.9 Å². The number of nitrogens with one attached hydrogen (secondary N) is 1. The lowest BCUT2D eigenvalue weighted by Gasteiger charge is -2.10. The number of amides is 1. The number of methoxy groups -OCH3 is 1. The number of carbonyl (C=O) groups excluding carboxylic acids is 1. The lowest BCUT2D eigenvalue weighted by molar-refractivity contribution is 0.102. The maximum absolute atomic E-state index is 13.3. The number of ether oxygens (including phenoxy) is 1. The summed E-state index contributed by atoms with van der Waals surface area (Å²) >= 11 is 1.22. The number of para-hydroxylation sites is 1. The van der Waals surface area contributed by atoms with Crippen molar-refractivity contribution in [3.8, 4) is 17.0 Å². The van der Waals surface area contributed by atoms with Crippen LogP contribution < -0.4 is 10.1 Å². The van der Waals surface area contributed by atoms with Crippen molar-refractivity contribution >= 4 is 53.3 Å². The van der Waals surface area contributed by atoms with E-state index >= 15 is 0 Å². The minimum absolute atomic E-state index is 0.213. The summed E-state index contributed by atoms with van der Waals surface area (Å²) in [4.78, 5) is 22.7. The minimum Gasteiger partial charge on any atom is -0.497 e. The van der Waals surface area contributed by atoms with Gasteiger partial charge in [-0.15, -0.1) is 0 Å². The van der Waals surface area contributed by atoms with Crippen LogP contribution >= 0.6 is 11.3 Å². The van der Waals surface area contributed by atoms with Crippen LogP contribution in [0.4, 0.5) is 5.13 Å². The Morgan fingerprint density at radius 2 is 1.76 bits per heavy atom. The van der Waals surface area contributed by atoms with E-state index in [0.29, 0.717) is 43.3 Å². The van der Waals surface area contributed by atoms with Crippen LogP contribution in [0.3, 0.4) is 0 Å². The monoisotopic (exact) mass is 489 g/mol. The molecular weight excluding hydrogens is 470 g/mol. The zero-order chi connectivity index (χ0) is 23.9. The summed E-state index contributed by atoms with van der Waals surface area (Å²) in [5, 5.41) is 3.96. The Hall–Kier alpha value is -3.82. The van der Waals surface area contributed by atoms with Crippen molar-refractivity contribution in [1.29, 1.82) is 0 Å². The van der Waals surface area contributed by atoms with E-state index < -0.39 is 9.84 Å². The zero-order valence-electron chi connectivity index (χ0n) is 18.3. The van der Waals surface area contributed by atoms with Gasteiger partial charge in [0, 0.05) is 17.2 Å². The first-order chi connectivity index (χ1) is 16.3. The van der Waals surface area contributed by atoms with E-state index in [0.717, 1.165) is 11.8 Å². The molecule has 0 saturated heterocycles. The SMILES string of the molecule is COc1cccc(-c2cc(C(=O)Nc3nc4ccc(S(C)(=O)=O)cc4s3)c3ccccc3n2)c1. The van der Waals surface area contributed by atoms with Crippen molar-refractivity contribution in [2.75, 3.05) is 18.7 Å². The lowest BCUT2D eigenvalue weighted by Crippen LogP contribution is -2.13. The van der Waals surface area contributed by atoms with Crippen LogP contribution in [0.5, 0.6) is 5.75 Å². The number of aromatic nitrogens is 2. The number of nitrogens with zero attached hydrogens (tertiary/aromatic N) is 2. The molecular formula is C25H19N3O4S2. The number of rotatable bonds is 5. The highest BCUT2D eigenvalue weighted by atomic mass is 32.2. The number of fused-ring (bicyclic) bond motifs is 2. The van der Waals surface area contributed by atoms with E-state index in [2.05, 4.69) is 10.3 Å². The molecule has 0 aliphatic rings. The predicted molar refractivity (Wildman–Crippen MR) is 134 cm³/mol. The fourth-order valence-electron chi connectivity index (χ4n) is 3.65. The van der Waals surface area contributed by atoms with E-state index in [1.807, 2.05) is 48.5 Å². The average molecular weight is 490 g/mol. The first-order valence-corrected chi connectivity index (χ1v) is 13.0. The molecule has 0 saturated carbocycles. The van der Waals surface area contributed by atoms with Crippen LogP contribution in [-0.4, -0.2) is 37.7 Å². The molecule has 0 bridgehead atoms. The Balaban J connectivity index is 1.55. The molecule has 34 heavy (non-hydrogen) atoms. The van der Waals surface area contributed by atoms with Crippen LogP contribution in [0.2, 0.25) is 0 Å². The van der Waals surface area contributed by atoms with Gasteiger partial charge in [0.15, 0.2) is 15.0 Å². The summed E-state index contributed by atoms with van der Waals surface area (Å²) in [6.07, 6.45) is 1.16. The second-order valence-electron chi connectivity index (χ2n) is 7.68. The maximum Gasteiger partial charge on any atom is 0.258 e. The fourth-order valence-corrected chi connectivity index (χ4v) is 5.27. The Kier molecular flexibility index (Phi) is 5.51. The molecule has 0 aliphatic heterocycles. The largest absolute Gasteiger partial charge is 0.497 e. The van der Waals surface area contributed by atoms with Gasteiger partial charge in [-0.05, 0) is 42.5 Å². The minimum atomic E-state index is -3.34. The molecule has 0 unspecified atom stereocenters. The Labute approximate surface area is 200 Å². The third-order valence-electron chi connectivity index (χ3n) is 5.33. The summed E-state index contributed by atoms with van der Waals surface area (Å²) in [7, 11) is -1.74. The second kappa shape index (κ2) is 8.51. The number of anilines is 1. The van der Waals surface area contributed by atoms with Gasteiger partial charge in [-0.25, -0.2) is 18.4 Å². The van der Waals surface area contributed by atoms with E-state index in [9.17, 15) is 13.2 Å². The molecule has 5 rings (SSSR count). The van der Waals surface area contributed by atoms with Crippen molar-refractivity contribution in [3.05, 3.63) is 78.4 Å². The summed E-state index contributed by atoms with van der Waals surface area (Å²) in [6, 6.07) is 21.4. The smallest absolute Gasteiger partial charge is 0.258 e. The summed E-state index contributed by atoms with van der Waals surface area (Å²) in [5.74, 6) is 0.367. The summed E-state index contributed by atoms with van der Waals surface area (Å²) in [6.45, 7) is 0. The van der Waals surface area contributed by atoms with Crippen LogP contribution in [0.25, 0.3) is 32.4 Å². The molecule has 0 aliphatic carbocycles. The maximum atomic E-state index is 13.3. The number of hydrogen-bond acceptors (Lipinski definition) is 7. The highest BCUT2D eigenvalue weighted by Gasteiger charge is 2.17. The number of hydrogen-bond donors (Lipinski definition) is 1. The number of carbonyl (C=O) groups is 1. The topological polar surface area (TPSA) is 98.2 Å². The fraction of sp³-hybridized carbons (Fsp3) is 0.0800. The van der Waals surface area contributed by atoms with E-state index in [4.69, 9.17) is 9.72 Å². The van der Waals surface area contributed by atoms with Crippen LogP contribution in [0.15, 0.2) is 77.7 Å². The quantitative estimate of drug-likeness (QED) is 0.365. The highest BCUT2D eigenvalue weighted by Crippen LogP contribution is 2.31. The summed E-state index contributed by atoms with van der Waals surface area (Å²) < 4.78 is 29.7. The molecule has 170 valence electrons. The van der Waals surface area contributed by atoms with Crippen LogP contribution in [0, 0.1) is 0 Å². The van der Waals surface area contributed by atoms with Gasteiger partial charge in [0.05, 0.1) is 39.0 Å². The Bertz CT molecular complexity index is 1680. The predicted octanol–water partition coefficient (Wildman–Crippen LogP) is 5.18. The molecule has 1 N–H and O–H groups in total. The van der Waals surface area contributed by atoms with Crippen molar-refractivity contribution in [2.24, 2.45) is 0 Å². The molecule has 7 nitrogen and oxygen atoms in total. The molecule has 0 radical (unpaired) electrons. The van der Waals surface area contributed by atoms with Crippen LogP contribution in [0.1, 0.15) is 10.4 Å². The number of pyridine rings is 1. The molecule has 2 heterocycles. The van der Waals surface area contributed by atoms with Crippen molar-refractivity contribution in [3.63, 3.8) is 0 Å². The first kappa shape index (κ1) is 22.0. The van der Waals surface area contributed by atoms with Gasteiger partial charge in [0.1, 0.15) is 5.75 Å². The van der Waals surface area contributed by atoms with E-state index in [-0.39, 0.29) is 10.8 Å². The van der Waals surface area contributed by atoms with Crippen molar-refractivity contribution in [1.82, 2.24) is 9.97 Å². The van der Waals surface area contributed by atoms with Gasteiger partial charge in [-0.3, -0.25) is 10.1 Å². The van der Waals surface area contributed by atoms with Gasteiger partial charge in [-0.1, -0.05) is 41.7 Å². The molecule has 0 atom stereocenters. The number of sulfone groups is 1. The van der Waals surface area contributed by atoms with Crippen LogP contribution in [-0.2, 0) is 9.84 Å². The van der Waals surface area contributed by atoms with Gasteiger partial charge < -0.3 is 4.74 Å². The van der Waals surface area contributed by atoms with Gasteiger partial charge in [0.2, 0.25) is 0 Å². The molecule has 2 aromatic heterocycles. The Morgan fingerprint density at radius 3 is 2.56 bits per heavy atom. The standard InChI is InChI=1S/C25H19N3O4S2/c1-32-16-7-5-6-15(12-16)22-14-19(18-8-3-4-9-20(18)26-22)24(29)28-25-27-21-11-10-17(34(2,30)31)13-23(21)33-25/h3-14H,1-2H3,(H,27,28,29). The van der Waals surface area contributed by atoms with E-state index in [1.54, 1.807) is 25.3 Å². The molecule has 0 spiro atoms. The molecule has 3 aromatic carbocycles. The highest BCUT2D eigenvalue weighted by molar-refractivity contribution is 7.90. The first-order valence-electron chi connectivity index (χ1n) is 10.3. The molecule has 9 heteroatoms. The Morgan fingerprint density at radius 1 is 0.941 bits per heavy atom. The molecule has 1 amide bonds. The third-order valence-corrected chi connectivity index (χ3v) is 7.38. The zero-order valence-corrected chi connectivity index (χ0v) is 19.9. The average Bonchev–Trinajstić information content (AvgIpc) is 3.24. The van der Waals surface area contributed by atoms with Gasteiger partial charge in [-0.2, -0.15) is 0 Å². The second-order valence-corrected chi connectivity index (χ2v) is 10.7. The molecule has 5 aromatic rings. The molecule has 0 fully saturated rings. The van der Waals surface area contributed by atoms with Gasteiger partial charge in [0.25, 0.3) is 5.91 Å². The number of benzene rings is 3. The number of thiazole rings is 1. The van der Waals surface area contributed by atoms with E-state index in [1.165, 1.54) is 17.4 Å². The summed E-state index contributed by atoms with van der Waals surface area (Å²) in [5.41, 5.74) is 3.23.